The van der Waals surface area contributed by atoms with Crippen molar-refractivity contribution in [3.63, 3.8) is 0 Å². The number of fused-ring (bicyclic) bond motifs is 1. The zero-order valence-electron chi connectivity index (χ0n) is 16.2. The van der Waals surface area contributed by atoms with Crippen LogP contribution in [0.2, 0.25) is 0 Å². The number of piperazine rings is 1. The summed E-state index contributed by atoms with van der Waals surface area (Å²) in [6.45, 7) is 5.09. The number of hydrogen-bond acceptors (Lipinski definition) is 7. The van der Waals surface area contributed by atoms with E-state index in [-0.39, 0.29) is 12.4 Å². The van der Waals surface area contributed by atoms with Gasteiger partial charge in [0.1, 0.15) is 24.3 Å². The number of β-amino-alcohol motifs (C(OH)–C–C–N with tert-alkyl or cyclic N) is 1. The lowest BCUT2D eigenvalue weighted by Crippen LogP contribution is -2.49. The van der Waals surface area contributed by atoms with Gasteiger partial charge in [0.2, 0.25) is 0 Å². The van der Waals surface area contributed by atoms with Crippen LogP contribution in [-0.4, -0.2) is 59.8 Å². The van der Waals surface area contributed by atoms with Crippen molar-refractivity contribution in [2.24, 2.45) is 5.73 Å². The summed E-state index contributed by atoms with van der Waals surface area (Å²) < 4.78 is 11.6. The summed E-state index contributed by atoms with van der Waals surface area (Å²) >= 11 is 1.56. The molecule has 29 heavy (non-hydrogen) atoms. The lowest BCUT2D eigenvalue weighted by molar-refractivity contribution is 0.0663. The van der Waals surface area contributed by atoms with Crippen LogP contribution in [0.4, 0.5) is 5.82 Å². The highest BCUT2D eigenvalue weighted by atomic mass is 35.5. The average Bonchev–Trinajstić information content (AvgIpc) is 3.17. The lowest BCUT2D eigenvalue weighted by Gasteiger charge is -2.35. The second-order valence-electron chi connectivity index (χ2n) is 7.10. The number of benzene rings is 2. The molecule has 3 N–H and O–H groups in total. The van der Waals surface area contributed by atoms with Crippen LogP contribution >= 0.6 is 23.9 Å². The fourth-order valence-corrected chi connectivity index (χ4v) is 4.30. The summed E-state index contributed by atoms with van der Waals surface area (Å²) in [5.41, 5.74) is 6.67. The Morgan fingerprint density at radius 1 is 1.07 bits per heavy atom. The number of aromatic nitrogens is 1. The van der Waals surface area contributed by atoms with Crippen molar-refractivity contribution >= 4 is 39.8 Å². The van der Waals surface area contributed by atoms with Crippen molar-refractivity contribution in [2.45, 2.75) is 12.6 Å². The van der Waals surface area contributed by atoms with Crippen molar-refractivity contribution in [3.8, 4) is 5.75 Å². The zero-order chi connectivity index (χ0) is 19.3. The van der Waals surface area contributed by atoms with Crippen LogP contribution in [0.25, 0.3) is 10.1 Å². The molecular weight excluding hydrogens is 408 g/mol. The van der Waals surface area contributed by atoms with Gasteiger partial charge in [0.05, 0.1) is 4.70 Å². The molecule has 1 aliphatic rings. The van der Waals surface area contributed by atoms with E-state index in [1.54, 1.807) is 11.5 Å². The summed E-state index contributed by atoms with van der Waals surface area (Å²) in [4.78, 5) is 4.63. The first kappa shape index (κ1) is 21.8. The third-order valence-electron chi connectivity index (χ3n) is 5.10. The first-order chi connectivity index (χ1) is 13.7. The van der Waals surface area contributed by atoms with Crippen LogP contribution in [-0.2, 0) is 6.54 Å². The van der Waals surface area contributed by atoms with Crippen molar-refractivity contribution in [1.29, 1.82) is 0 Å². The molecule has 0 aliphatic carbocycles. The van der Waals surface area contributed by atoms with E-state index in [9.17, 15) is 5.11 Å². The summed E-state index contributed by atoms with van der Waals surface area (Å²) in [7, 11) is 0. The Hall–Kier alpha value is -1.90. The molecule has 1 fully saturated rings. The molecule has 1 aliphatic heterocycles. The van der Waals surface area contributed by atoms with Crippen LogP contribution < -0.4 is 15.4 Å². The van der Waals surface area contributed by atoms with Crippen molar-refractivity contribution in [1.82, 2.24) is 9.27 Å². The molecule has 0 bridgehead atoms. The summed E-state index contributed by atoms with van der Waals surface area (Å²) in [6.07, 6.45) is -0.513. The predicted molar refractivity (Wildman–Crippen MR) is 121 cm³/mol. The predicted octanol–water partition coefficient (Wildman–Crippen LogP) is 2.74. The Balaban J connectivity index is 0.00000240. The van der Waals surface area contributed by atoms with Gasteiger partial charge in [-0.2, -0.15) is 4.37 Å². The van der Waals surface area contributed by atoms with Crippen LogP contribution in [0.3, 0.4) is 0 Å². The Kier molecular flexibility index (Phi) is 7.69. The van der Waals surface area contributed by atoms with E-state index in [1.807, 2.05) is 24.3 Å². The molecule has 0 radical (unpaired) electrons. The van der Waals surface area contributed by atoms with Gasteiger partial charge in [-0.05, 0) is 41.4 Å². The van der Waals surface area contributed by atoms with Gasteiger partial charge < -0.3 is 20.5 Å². The van der Waals surface area contributed by atoms with Crippen LogP contribution in [0.15, 0.2) is 48.5 Å². The zero-order valence-corrected chi connectivity index (χ0v) is 17.9. The number of aliphatic hydroxyl groups excluding tert-OH is 1. The monoisotopic (exact) mass is 434 g/mol. The first-order valence-electron chi connectivity index (χ1n) is 9.64. The minimum atomic E-state index is -0.513. The Labute approximate surface area is 181 Å². The summed E-state index contributed by atoms with van der Waals surface area (Å²) in [6, 6.07) is 16.1. The number of ether oxygens (including phenoxy) is 1. The molecule has 1 aromatic heterocycles. The standard InChI is InChI=1S/C21H26N4O2S.ClH/c22-13-16-5-7-18(8-6-16)27-15-17(26)14-24-9-11-25(12-10-24)21-19-3-1-2-4-20(19)28-23-21;/h1-8,17,26H,9-15,22H2;1H. The van der Waals surface area contributed by atoms with E-state index >= 15 is 0 Å². The SMILES string of the molecule is Cl.NCc1ccc(OCC(O)CN2CCN(c3nsc4ccccc34)CC2)cc1. The molecule has 1 saturated heterocycles. The number of halogens is 1. The Morgan fingerprint density at radius 3 is 2.52 bits per heavy atom. The number of anilines is 1. The molecule has 4 rings (SSSR count). The summed E-state index contributed by atoms with van der Waals surface area (Å²) in [5, 5.41) is 11.6. The van der Waals surface area contributed by atoms with Gasteiger partial charge in [-0.25, -0.2) is 0 Å². The fourth-order valence-electron chi connectivity index (χ4n) is 3.51. The molecule has 0 amide bonds. The molecule has 6 nitrogen and oxygen atoms in total. The maximum absolute atomic E-state index is 10.3. The highest BCUT2D eigenvalue weighted by Crippen LogP contribution is 2.29. The number of aliphatic hydroxyl groups is 1. The number of hydrogen-bond donors (Lipinski definition) is 2. The molecule has 1 unspecified atom stereocenters. The van der Waals surface area contributed by atoms with Crippen molar-refractivity contribution in [2.75, 3.05) is 44.2 Å². The minimum Gasteiger partial charge on any atom is -0.491 e. The van der Waals surface area contributed by atoms with E-state index in [4.69, 9.17) is 10.5 Å². The highest BCUT2D eigenvalue weighted by Gasteiger charge is 2.22. The van der Waals surface area contributed by atoms with E-state index in [2.05, 4.69) is 38.4 Å². The Bertz CT molecular complexity index is 897. The minimum absolute atomic E-state index is 0. The molecule has 156 valence electrons. The molecule has 2 aromatic carbocycles. The van der Waals surface area contributed by atoms with E-state index < -0.39 is 6.10 Å². The van der Waals surface area contributed by atoms with Gasteiger partial charge in [-0.15, -0.1) is 12.4 Å². The third-order valence-corrected chi connectivity index (χ3v) is 5.92. The third kappa shape index (κ3) is 5.38. The number of nitrogens with two attached hydrogens (primary N) is 1. The second kappa shape index (κ2) is 10.2. The van der Waals surface area contributed by atoms with Crippen LogP contribution in [0.1, 0.15) is 5.56 Å². The first-order valence-corrected chi connectivity index (χ1v) is 10.4. The number of rotatable bonds is 7. The average molecular weight is 435 g/mol. The number of nitrogens with zero attached hydrogens (tertiary/aromatic N) is 3. The maximum atomic E-state index is 10.3. The Morgan fingerprint density at radius 2 is 1.79 bits per heavy atom. The van der Waals surface area contributed by atoms with Gasteiger partial charge in [0, 0.05) is 44.7 Å². The molecular formula is C21H27ClN4O2S. The quantitative estimate of drug-likeness (QED) is 0.595. The van der Waals surface area contributed by atoms with E-state index in [1.165, 1.54) is 10.1 Å². The molecule has 3 aromatic rings. The summed E-state index contributed by atoms with van der Waals surface area (Å²) in [5.74, 6) is 1.85. The molecule has 8 heteroatoms. The molecule has 2 heterocycles. The van der Waals surface area contributed by atoms with Crippen LogP contribution in [0.5, 0.6) is 5.75 Å². The molecule has 0 spiro atoms. The van der Waals surface area contributed by atoms with Gasteiger partial charge >= 0.3 is 0 Å². The highest BCUT2D eigenvalue weighted by molar-refractivity contribution is 7.13. The largest absolute Gasteiger partial charge is 0.491 e. The van der Waals surface area contributed by atoms with Gasteiger partial charge in [-0.3, -0.25) is 4.90 Å². The lowest BCUT2D eigenvalue weighted by atomic mass is 10.2. The van der Waals surface area contributed by atoms with E-state index in [0.29, 0.717) is 19.7 Å². The van der Waals surface area contributed by atoms with E-state index in [0.717, 1.165) is 43.3 Å². The molecule has 0 saturated carbocycles. The topological polar surface area (TPSA) is 74.9 Å². The second-order valence-corrected chi connectivity index (χ2v) is 7.91. The fraction of sp³-hybridized carbons (Fsp3) is 0.381. The van der Waals surface area contributed by atoms with Gasteiger partial charge in [0.15, 0.2) is 0 Å². The van der Waals surface area contributed by atoms with Crippen molar-refractivity contribution < 1.29 is 9.84 Å². The normalized spacial score (nSPS) is 15.9. The maximum Gasteiger partial charge on any atom is 0.150 e. The smallest absolute Gasteiger partial charge is 0.150 e. The molecule has 1 atom stereocenters. The van der Waals surface area contributed by atoms with Crippen LogP contribution in [0, 0.1) is 0 Å². The van der Waals surface area contributed by atoms with Gasteiger partial charge in [0.25, 0.3) is 0 Å². The van der Waals surface area contributed by atoms with Crippen molar-refractivity contribution in [3.05, 3.63) is 54.1 Å². The van der Waals surface area contributed by atoms with Gasteiger partial charge in [-0.1, -0.05) is 24.3 Å².